The van der Waals surface area contributed by atoms with Crippen LogP contribution in [0.2, 0.25) is 0 Å². The van der Waals surface area contributed by atoms with E-state index < -0.39 is 5.54 Å². The van der Waals surface area contributed by atoms with Gasteiger partial charge in [0.2, 0.25) is 0 Å². The summed E-state index contributed by atoms with van der Waals surface area (Å²) in [5, 5.41) is 7.28. The van der Waals surface area contributed by atoms with Gasteiger partial charge in [-0.1, -0.05) is 54.7 Å². The molecule has 0 saturated carbocycles. The van der Waals surface area contributed by atoms with Gasteiger partial charge in [0.1, 0.15) is 29.1 Å². The van der Waals surface area contributed by atoms with Crippen molar-refractivity contribution in [1.82, 2.24) is 5.01 Å². The van der Waals surface area contributed by atoms with E-state index >= 15 is 0 Å². The highest BCUT2D eigenvalue weighted by Gasteiger charge is 2.47. The van der Waals surface area contributed by atoms with Gasteiger partial charge in [0.15, 0.2) is 0 Å². The second-order valence-electron chi connectivity index (χ2n) is 10.8. The van der Waals surface area contributed by atoms with E-state index in [0.717, 1.165) is 63.6 Å². The van der Waals surface area contributed by atoms with Crippen molar-refractivity contribution in [2.45, 2.75) is 38.8 Å². The highest BCUT2D eigenvalue weighted by molar-refractivity contribution is 6.09. The number of aldehydes is 1. The summed E-state index contributed by atoms with van der Waals surface area (Å²) in [5.41, 5.74) is 5.64. The largest absolute Gasteiger partial charge is 0.499 e. The fourth-order valence-electron chi connectivity index (χ4n) is 5.50. The normalized spacial score (nSPS) is 17.7. The Balaban J connectivity index is 0.000000351. The highest BCUT2D eigenvalue weighted by atomic mass is 16.5. The second kappa shape index (κ2) is 12.5. The number of benzene rings is 2. The van der Waals surface area contributed by atoms with Gasteiger partial charge in [-0.2, -0.15) is 0 Å². The second-order valence-corrected chi connectivity index (χ2v) is 10.8. The third kappa shape index (κ3) is 5.73. The molecule has 0 saturated heterocycles. The third-order valence-electron chi connectivity index (χ3n) is 7.67. The fourth-order valence-corrected chi connectivity index (χ4v) is 5.50. The lowest BCUT2D eigenvalue weighted by molar-refractivity contribution is -0.124. The van der Waals surface area contributed by atoms with Crippen LogP contribution in [0.25, 0.3) is 11.1 Å². The van der Waals surface area contributed by atoms with Gasteiger partial charge in [0.05, 0.1) is 44.9 Å². The SMILES string of the molecule is COC1=C(N2Cc3c(-c4ccc(OC)cc4OC)ccc4c3N2C(=O)C(C)(C)N4)C=CC=CC1.O=CC1=CC=CCC=C1. The molecule has 1 amide bonds. The average molecular weight is 580 g/mol. The lowest BCUT2D eigenvalue weighted by Gasteiger charge is -2.42. The average Bonchev–Trinajstić information content (AvgIpc) is 3.18. The third-order valence-corrected chi connectivity index (χ3v) is 7.67. The molecular weight excluding hydrogens is 542 g/mol. The fraction of sp³-hybridized carbons (Fsp3) is 0.257. The van der Waals surface area contributed by atoms with E-state index in [1.165, 1.54) is 0 Å². The zero-order valence-corrected chi connectivity index (χ0v) is 25.2. The molecule has 43 heavy (non-hydrogen) atoms. The Kier molecular flexibility index (Phi) is 8.57. The van der Waals surface area contributed by atoms with Gasteiger partial charge < -0.3 is 19.5 Å². The van der Waals surface area contributed by atoms with Crippen molar-refractivity contribution < 1.29 is 23.8 Å². The summed E-state index contributed by atoms with van der Waals surface area (Å²) >= 11 is 0. The molecule has 0 unspecified atom stereocenters. The van der Waals surface area contributed by atoms with E-state index in [0.29, 0.717) is 18.7 Å². The number of methoxy groups -OCH3 is 3. The molecule has 0 radical (unpaired) electrons. The number of carbonyl (C=O) groups is 2. The Morgan fingerprint density at radius 1 is 0.907 bits per heavy atom. The summed E-state index contributed by atoms with van der Waals surface area (Å²) in [5.74, 6) is 2.23. The van der Waals surface area contributed by atoms with Gasteiger partial charge in [0, 0.05) is 29.2 Å². The van der Waals surface area contributed by atoms with Crippen molar-refractivity contribution in [2.75, 3.05) is 31.7 Å². The molecule has 1 N–H and O–H groups in total. The van der Waals surface area contributed by atoms with E-state index in [-0.39, 0.29) is 5.91 Å². The van der Waals surface area contributed by atoms with Crippen LogP contribution in [-0.4, -0.2) is 44.1 Å². The first kappa shape index (κ1) is 29.5. The van der Waals surface area contributed by atoms with Crippen LogP contribution < -0.4 is 19.8 Å². The van der Waals surface area contributed by atoms with E-state index in [4.69, 9.17) is 14.2 Å². The number of rotatable bonds is 6. The number of allylic oxidation sites excluding steroid dienone is 10. The minimum absolute atomic E-state index is 0.0221. The van der Waals surface area contributed by atoms with Crippen LogP contribution in [0.4, 0.5) is 11.4 Å². The molecule has 2 aliphatic carbocycles. The number of anilines is 2. The van der Waals surface area contributed by atoms with Crippen LogP contribution in [-0.2, 0) is 20.9 Å². The molecule has 2 aromatic carbocycles. The Bertz CT molecular complexity index is 1610. The van der Waals surface area contributed by atoms with Gasteiger partial charge in [-0.3, -0.25) is 14.6 Å². The molecule has 0 fully saturated rings. The van der Waals surface area contributed by atoms with Crippen LogP contribution in [0.3, 0.4) is 0 Å². The van der Waals surface area contributed by atoms with Crippen LogP contribution in [0.1, 0.15) is 32.3 Å². The molecule has 6 rings (SSSR count). The summed E-state index contributed by atoms with van der Waals surface area (Å²) in [6, 6.07) is 9.93. The maximum Gasteiger partial charge on any atom is 0.270 e. The van der Waals surface area contributed by atoms with Crippen molar-refractivity contribution in [3.05, 3.63) is 108 Å². The number of nitrogens with zero attached hydrogens (tertiary/aromatic N) is 2. The minimum atomic E-state index is -0.757. The zero-order valence-electron chi connectivity index (χ0n) is 25.2. The zero-order chi connectivity index (χ0) is 30.6. The van der Waals surface area contributed by atoms with Crippen molar-refractivity contribution >= 4 is 23.6 Å². The molecule has 4 aliphatic rings. The molecule has 8 nitrogen and oxygen atoms in total. The number of hydrogen-bond acceptors (Lipinski definition) is 7. The number of hydrogen-bond donors (Lipinski definition) is 1. The Morgan fingerprint density at radius 3 is 2.47 bits per heavy atom. The predicted octanol–water partition coefficient (Wildman–Crippen LogP) is 6.64. The topological polar surface area (TPSA) is 80.3 Å². The van der Waals surface area contributed by atoms with Crippen molar-refractivity contribution in [3.63, 3.8) is 0 Å². The number of nitrogens with one attached hydrogen (secondary N) is 1. The van der Waals surface area contributed by atoms with Crippen molar-refractivity contribution in [2.24, 2.45) is 0 Å². The summed E-state index contributed by atoms with van der Waals surface area (Å²) in [7, 11) is 4.97. The summed E-state index contributed by atoms with van der Waals surface area (Å²) in [6.07, 6.45) is 20.0. The molecule has 222 valence electrons. The van der Waals surface area contributed by atoms with Crippen molar-refractivity contribution in [3.8, 4) is 22.6 Å². The van der Waals surface area contributed by atoms with Crippen LogP contribution in [0, 0.1) is 0 Å². The quantitative estimate of drug-likeness (QED) is 0.384. The molecule has 0 atom stereocenters. The monoisotopic (exact) mass is 579 g/mol. The van der Waals surface area contributed by atoms with Crippen LogP contribution in [0.5, 0.6) is 11.5 Å². The Morgan fingerprint density at radius 2 is 1.72 bits per heavy atom. The molecule has 8 heteroatoms. The standard InChI is InChI=1S/C27H29N3O4.C8H8O/c1-27(2)26(31)30-25-20(16-29(30)22-9-7-6-8-10-23(22)33-4)18(13-14-21(25)28-27)19-12-11-17(32-3)15-24(19)34-5;9-7-8-5-3-1-2-4-6-8/h6-9,11-15,28H,10,16H2,1-5H3;1,3-7H,2H2. The molecular formula is C35H37N3O5. The lowest BCUT2D eigenvalue weighted by Crippen LogP contribution is -2.57. The smallest absolute Gasteiger partial charge is 0.270 e. The van der Waals surface area contributed by atoms with E-state index in [2.05, 4.69) is 11.4 Å². The molecule has 0 aromatic heterocycles. The first-order valence-corrected chi connectivity index (χ1v) is 14.2. The van der Waals surface area contributed by atoms with Gasteiger partial charge in [-0.15, -0.1) is 0 Å². The Hall–Kier alpha value is -4.98. The summed E-state index contributed by atoms with van der Waals surface area (Å²) in [4.78, 5) is 23.9. The molecule has 2 aromatic rings. The number of amides is 1. The maximum atomic E-state index is 13.7. The van der Waals surface area contributed by atoms with Gasteiger partial charge in [0.25, 0.3) is 5.91 Å². The summed E-state index contributed by atoms with van der Waals surface area (Å²) in [6.45, 7) is 4.33. The first-order chi connectivity index (χ1) is 20.8. The van der Waals surface area contributed by atoms with Gasteiger partial charge in [-0.25, -0.2) is 5.01 Å². The van der Waals surface area contributed by atoms with Gasteiger partial charge in [-0.05, 0) is 50.1 Å². The maximum absolute atomic E-state index is 13.7. The number of hydrazine groups is 1. The molecule has 0 spiro atoms. The van der Waals surface area contributed by atoms with E-state index in [9.17, 15) is 9.59 Å². The van der Waals surface area contributed by atoms with Crippen molar-refractivity contribution in [1.29, 1.82) is 0 Å². The molecule has 2 aliphatic heterocycles. The lowest BCUT2D eigenvalue weighted by atomic mass is 9.93. The van der Waals surface area contributed by atoms with Gasteiger partial charge >= 0.3 is 0 Å². The number of ether oxygens (including phenoxy) is 3. The molecule has 2 heterocycles. The van der Waals surface area contributed by atoms with Crippen LogP contribution >= 0.6 is 0 Å². The summed E-state index contributed by atoms with van der Waals surface area (Å²) < 4.78 is 16.8. The first-order valence-electron chi connectivity index (χ1n) is 14.2. The highest BCUT2D eigenvalue weighted by Crippen LogP contribution is 2.50. The number of carbonyl (C=O) groups excluding carboxylic acids is 2. The minimum Gasteiger partial charge on any atom is -0.499 e. The van der Waals surface area contributed by atoms with E-state index in [1.54, 1.807) is 27.4 Å². The Labute approximate surface area is 252 Å². The molecule has 0 bridgehead atoms. The van der Waals surface area contributed by atoms with Crippen LogP contribution in [0.15, 0.2) is 102 Å². The van der Waals surface area contributed by atoms with E-state index in [1.807, 2.05) is 96.7 Å². The predicted molar refractivity (Wildman–Crippen MR) is 170 cm³/mol.